The Labute approximate surface area is 102 Å². The molecule has 0 bridgehead atoms. The minimum Gasteiger partial charge on any atom is -0.310 e. The van der Waals surface area contributed by atoms with E-state index in [1.807, 2.05) is 0 Å². The first kappa shape index (κ1) is 14.0. The van der Waals surface area contributed by atoms with E-state index in [1.54, 1.807) is 0 Å². The molecule has 1 heterocycles. The number of unbranched alkanes of at least 4 members (excludes halogenated alkanes) is 1. The van der Waals surface area contributed by atoms with E-state index in [2.05, 4.69) is 37.9 Å². The van der Waals surface area contributed by atoms with Gasteiger partial charge in [-0.1, -0.05) is 26.7 Å². The lowest BCUT2D eigenvalue weighted by Crippen LogP contribution is -2.46. The molecule has 1 rings (SSSR count). The fourth-order valence-corrected chi connectivity index (χ4v) is 2.50. The maximum atomic E-state index is 3.62. The fraction of sp³-hybridized carbons (Fsp3) is 1.00. The van der Waals surface area contributed by atoms with E-state index in [4.69, 9.17) is 0 Å². The van der Waals surface area contributed by atoms with E-state index >= 15 is 0 Å². The molecule has 0 saturated carbocycles. The molecule has 0 aromatic carbocycles. The van der Waals surface area contributed by atoms with Gasteiger partial charge < -0.3 is 10.2 Å². The molecule has 16 heavy (non-hydrogen) atoms. The molecule has 1 fully saturated rings. The normalized spacial score (nSPS) is 22.3. The van der Waals surface area contributed by atoms with Crippen molar-refractivity contribution < 1.29 is 0 Å². The summed E-state index contributed by atoms with van der Waals surface area (Å²) in [7, 11) is 0. The van der Waals surface area contributed by atoms with Crippen LogP contribution < -0.4 is 5.32 Å². The third-order valence-corrected chi connectivity index (χ3v) is 3.38. The van der Waals surface area contributed by atoms with E-state index < -0.39 is 0 Å². The van der Waals surface area contributed by atoms with Crippen molar-refractivity contribution in [3.63, 3.8) is 0 Å². The van der Waals surface area contributed by atoms with Crippen molar-refractivity contribution >= 4 is 0 Å². The monoisotopic (exact) mass is 226 g/mol. The Hall–Kier alpha value is -0.0800. The van der Waals surface area contributed by atoms with Gasteiger partial charge in [-0.2, -0.15) is 0 Å². The molecule has 1 aliphatic rings. The smallest absolute Gasteiger partial charge is 0.0252 e. The van der Waals surface area contributed by atoms with Crippen LogP contribution in [0.2, 0.25) is 0 Å². The van der Waals surface area contributed by atoms with Gasteiger partial charge in [-0.15, -0.1) is 0 Å². The molecule has 1 saturated heterocycles. The topological polar surface area (TPSA) is 15.3 Å². The summed E-state index contributed by atoms with van der Waals surface area (Å²) in [5, 5.41) is 3.62. The van der Waals surface area contributed by atoms with Gasteiger partial charge in [0.05, 0.1) is 0 Å². The Morgan fingerprint density at radius 1 is 1.25 bits per heavy atom. The molecule has 0 spiro atoms. The first-order valence-electron chi connectivity index (χ1n) is 6.97. The van der Waals surface area contributed by atoms with E-state index in [9.17, 15) is 0 Å². The molecule has 0 radical (unpaired) electrons. The van der Waals surface area contributed by atoms with Gasteiger partial charge in [-0.3, -0.25) is 0 Å². The maximum absolute atomic E-state index is 3.62. The molecule has 2 nitrogen and oxygen atoms in total. The largest absolute Gasteiger partial charge is 0.310 e. The van der Waals surface area contributed by atoms with Crippen molar-refractivity contribution in [2.75, 3.05) is 26.2 Å². The average molecular weight is 226 g/mol. The summed E-state index contributed by atoms with van der Waals surface area (Å²) >= 11 is 0. The van der Waals surface area contributed by atoms with Crippen LogP contribution in [0.3, 0.4) is 0 Å². The van der Waals surface area contributed by atoms with Crippen LogP contribution in [0.5, 0.6) is 0 Å². The third-order valence-electron chi connectivity index (χ3n) is 3.38. The molecule has 0 aliphatic carbocycles. The first-order valence-corrected chi connectivity index (χ1v) is 6.97. The van der Waals surface area contributed by atoms with Crippen LogP contribution in [0.15, 0.2) is 0 Å². The zero-order valence-electron chi connectivity index (χ0n) is 11.7. The zero-order valence-corrected chi connectivity index (χ0v) is 11.7. The molecule has 2 heteroatoms. The van der Waals surface area contributed by atoms with Crippen LogP contribution in [0, 0.1) is 5.92 Å². The lowest BCUT2D eigenvalue weighted by atomic mass is 10.0. The summed E-state index contributed by atoms with van der Waals surface area (Å²) in [5.74, 6) is 0.863. The molecular weight excluding hydrogens is 196 g/mol. The second-order valence-corrected chi connectivity index (χ2v) is 6.33. The molecule has 0 aromatic rings. The van der Waals surface area contributed by atoms with Gasteiger partial charge in [-0.05, 0) is 52.2 Å². The number of rotatable bonds is 5. The molecular formula is C14H30N2. The highest BCUT2D eigenvalue weighted by molar-refractivity contribution is 4.84. The lowest BCUT2D eigenvalue weighted by molar-refractivity contribution is 0.226. The summed E-state index contributed by atoms with van der Waals surface area (Å²) < 4.78 is 0. The van der Waals surface area contributed by atoms with Gasteiger partial charge in [0.1, 0.15) is 0 Å². The zero-order chi connectivity index (χ0) is 12.0. The fourth-order valence-electron chi connectivity index (χ4n) is 2.50. The highest BCUT2D eigenvalue weighted by Gasteiger charge is 2.23. The van der Waals surface area contributed by atoms with Crippen LogP contribution in [0.25, 0.3) is 0 Å². The summed E-state index contributed by atoms with van der Waals surface area (Å²) in [6.07, 6.45) is 5.44. The van der Waals surface area contributed by atoms with Crippen LogP contribution in [-0.4, -0.2) is 36.6 Å². The number of hydrogen-bond acceptors (Lipinski definition) is 2. The molecule has 0 atom stereocenters. The summed E-state index contributed by atoms with van der Waals surface area (Å²) in [4.78, 5) is 2.64. The predicted molar refractivity (Wildman–Crippen MR) is 71.8 cm³/mol. The second-order valence-electron chi connectivity index (χ2n) is 6.33. The van der Waals surface area contributed by atoms with Gasteiger partial charge in [0, 0.05) is 12.1 Å². The van der Waals surface area contributed by atoms with Crippen molar-refractivity contribution in [2.24, 2.45) is 5.92 Å². The van der Waals surface area contributed by atoms with Gasteiger partial charge in [0.15, 0.2) is 0 Å². The quantitative estimate of drug-likeness (QED) is 0.725. The van der Waals surface area contributed by atoms with Crippen molar-refractivity contribution in [3.05, 3.63) is 0 Å². The Morgan fingerprint density at radius 2 is 2.00 bits per heavy atom. The van der Waals surface area contributed by atoms with Crippen LogP contribution in [-0.2, 0) is 0 Å². The molecule has 1 aliphatic heterocycles. The van der Waals surface area contributed by atoms with Crippen LogP contribution in [0.1, 0.15) is 53.4 Å². The Kier molecular flexibility index (Phi) is 5.77. The maximum Gasteiger partial charge on any atom is 0.0252 e. The molecule has 96 valence electrons. The van der Waals surface area contributed by atoms with Crippen LogP contribution >= 0.6 is 0 Å². The van der Waals surface area contributed by atoms with Gasteiger partial charge >= 0.3 is 0 Å². The van der Waals surface area contributed by atoms with Crippen molar-refractivity contribution in [2.45, 2.75) is 58.9 Å². The number of nitrogens with zero attached hydrogens (tertiary/aromatic N) is 1. The highest BCUT2D eigenvalue weighted by Crippen LogP contribution is 2.12. The van der Waals surface area contributed by atoms with E-state index in [1.165, 1.54) is 51.9 Å². The molecule has 0 aromatic heterocycles. The minimum absolute atomic E-state index is 0.300. The lowest BCUT2D eigenvalue weighted by Gasteiger charge is -2.30. The first-order chi connectivity index (χ1) is 7.49. The Morgan fingerprint density at radius 3 is 2.69 bits per heavy atom. The van der Waals surface area contributed by atoms with Crippen molar-refractivity contribution in [1.29, 1.82) is 0 Å². The van der Waals surface area contributed by atoms with Crippen molar-refractivity contribution in [3.8, 4) is 0 Å². The van der Waals surface area contributed by atoms with E-state index in [0.29, 0.717) is 5.54 Å². The summed E-state index contributed by atoms with van der Waals surface area (Å²) in [6.45, 7) is 14.2. The van der Waals surface area contributed by atoms with Gasteiger partial charge in [-0.25, -0.2) is 0 Å². The number of hydrogen-bond donors (Lipinski definition) is 1. The SMILES string of the molecule is CC(C)CCCCN1CCCNC(C)(C)C1. The summed E-state index contributed by atoms with van der Waals surface area (Å²) in [6, 6.07) is 0. The predicted octanol–water partition coefficient (Wildman–Crippen LogP) is 2.89. The number of nitrogens with one attached hydrogen (secondary N) is 1. The van der Waals surface area contributed by atoms with E-state index in [-0.39, 0.29) is 0 Å². The van der Waals surface area contributed by atoms with Crippen molar-refractivity contribution in [1.82, 2.24) is 10.2 Å². The minimum atomic E-state index is 0.300. The molecule has 1 N–H and O–H groups in total. The van der Waals surface area contributed by atoms with E-state index in [0.717, 1.165) is 5.92 Å². The summed E-state index contributed by atoms with van der Waals surface area (Å²) in [5.41, 5.74) is 0.300. The highest BCUT2D eigenvalue weighted by atomic mass is 15.2. The third kappa shape index (κ3) is 5.86. The van der Waals surface area contributed by atoms with Gasteiger partial charge in [0.25, 0.3) is 0 Å². The average Bonchev–Trinajstić information content (AvgIpc) is 2.33. The van der Waals surface area contributed by atoms with Gasteiger partial charge in [0.2, 0.25) is 0 Å². The van der Waals surface area contributed by atoms with Crippen LogP contribution in [0.4, 0.5) is 0 Å². The second kappa shape index (κ2) is 6.61. The molecule has 0 unspecified atom stereocenters. The Balaban J connectivity index is 2.19. The Bertz CT molecular complexity index is 187. The molecule has 0 amide bonds. The standard InChI is InChI=1S/C14H30N2/c1-13(2)8-5-6-10-16-11-7-9-15-14(3,4)12-16/h13,15H,5-12H2,1-4H3.